The minimum atomic E-state index is -1.00. The summed E-state index contributed by atoms with van der Waals surface area (Å²) >= 11 is 1.64. The first-order valence-electron chi connectivity index (χ1n) is 16.7. The van der Waals surface area contributed by atoms with Crippen LogP contribution in [0.25, 0.3) is 10.4 Å². The summed E-state index contributed by atoms with van der Waals surface area (Å²) < 4.78 is 30.4. The van der Waals surface area contributed by atoms with Gasteiger partial charge in [0.05, 0.1) is 32.0 Å². The second kappa shape index (κ2) is 20.2. The molecule has 0 radical (unpaired) electrons. The lowest BCUT2D eigenvalue weighted by molar-refractivity contribution is -0.134. The zero-order valence-corrected chi connectivity index (χ0v) is 29.6. The molecule has 11 heteroatoms. The minimum absolute atomic E-state index is 0.0889. The van der Waals surface area contributed by atoms with Crippen LogP contribution >= 0.6 is 11.3 Å². The van der Waals surface area contributed by atoms with E-state index in [1.165, 1.54) is 12.1 Å². The average Bonchev–Trinajstić information content (AvgIpc) is 3.62. The molecule has 0 aliphatic heterocycles. The van der Waals surface area contributed by atoms with Gasteiger partial charge in [-0.2, -0.15) is 0 Å². The van der Waals surface area contributed by atoms with Gasteiger partial charge in [-0.3, -0.25) is 9.59 Å². The van der Waals surface area contributed by atoms with Crippen molar-refractivity contribution in [1.82, 2.24) is 10.6 Å². The number of aliphatic hydroxyl groups is 1. The molecule has 3 rings (SSSR count). The van der Waals surface area contributed by atoms with E-state index < -0.39 is 24.1 Å². The van der Waals surface area contributed by atoms with Gasteiger partial charge in [-0.25, -0.2) is 4.39 Å². The Morgan fingerprint density at radius 3 is 2.40 bits per heavy atom. The van der Waals surface area contributed by atoms with Crippen LogP contribution in [0.15, 0.2) is 60.0 Å². The topological polar surface area (TPSA) is 132 Å². The smallest absolute Gasteiger partial charge is 0.243 e. The number of nitrogens with one attached hydrogen (secondary N) is 2. The van der Waals surface area contributed by atoms with Gasteiger partial charge >= 0.3 is 0 Å². The second-order valence-corrected chi connectivity index (χ2v) is 13.5. The molecule has 5 N–H and O–H groups in total. The number of amides is 2. The quantitative estimate of drug-likeness (QED) is 0.106. The number of ether oxygens (including phenoxy) is 3. The maximum atomic E-state index is 13.5. The highest BCUT2D eigenvalue weighted by atomic mass is 32.1. The maximum Gasteiger partial charge on any atom is 0.243 e. The van der Waals surface area contributed by atoms with Crippen molar-refractivity contribution in [1.29, 1.82) is 0 Å². The molecule has 3 aromatic rings. The van der Waals surface area contributed by atoms with E-state index in [0.29, 0.717) is 19.6 Å². The summed E-state index contributed by atoms with van der Waals surface area (Å²) in [7, 11) is 1.67. The fourth-order valence-electron chi connectivity index (χ4n) is 5.20. The lowest BCUT2D eigenvalue weighted by atomic mass is 9.86. The van der Waals surface area contributed by atoms with Gasteiger partial charge in [-0.1, -0.05) is 58.4 Å². The first-order chi connectivity index (χ1) is 23.0. The van der Waals surface area contributed by atoms with E-state index >= 15 is 0 Å². The van der Waals surface area contributed by atoms with Gasteiger partial charge in [0.1, 0.15) is 17.6 Å². The Morgan fingerprint density at radius 1 is 1.02 bits per heavy atom. The van der Waals surface area contributed by atoms with Crippen molar-refractivity contribution < 1.29 is 33.3 Å². The Kier molecular flexibility index (Phi) is 16.5. The van der Waals surface area contributed by atoms with Crippen LogP contribution in [-0.4, -0.2) is 62.0 Å². The van der Waals surface area contributed by atoms with E-state index in [2.05, 4.69) is 16.7 Å². The Balaban J connectivity index is 1.56. The molecule has 0 saturated heterocycles. The number of nitrogens with two attached hydrogens (primary N) is 1. The zero-order valence-electron chi connectivity index (χ0n) is 28.7. The van der Waals surface area contributed by atoms with E-state index in [1.807, 2.05) is 57.3 Å². The van der Waals surface area contributed by atoms with Crippen LogP contribution in [0, 0.1) is 23.6 Å². The van der Waals surface area contributed by atoms with Gasteiger partial charge in [-0.15, -0.1) is 11.3 Å². The third kappa shape index (κ3) is 12.3. The number of thiophene rings is 1. The highest BCUT2D eigenvalue weighted by molar-refractivity contribution is 7.13. The summed E-state index contributed by atoms with van der Waals surface area (Å²) in [5.74, 6) is -1.04. The van der Waals surface area contributed by atoms with E-state index in [1.54, 1.807) is 30.6 Å². The molecule has 0 saturated carbocycles. The molecule has 0 fully saturated rings. The summed E-state index contributed by atoms with van der Waals surface area (Å²) in [6.07, 6.45) is 0.558. The summed E-state index contributed by atoms with van der Waals surface area (Å²) in [6.45, 7) is 9.38. The first kappa shape index (κ1) is 39.1. The Bertz CT molecular complexity index is 1390. The summed E-state index contributed by atoms with van der Waals surface area (Å²) in [4.78, 5) is 27.8. The molecule has 1 heterocycles. The number of carbonyl (C=O) groups is 2. The summed E-state index contributed by atoms with van der Waals surface area (Å²) in [6, 6.07) is 14.4. The number of aliphatic hydroxyl groups excluding tert-OH is 1. The largest absolute Gasteiger partial charge is 0.493 e. The molecule has 0 spiro atoms. The Hall–Kier alpha value is -3.35. The Labute approximate surface area is 288 Å². The van der Waals surface area contributed by atoms with Gasteiger partial charge in [-0.05, 0) is 65.1 Å². The molecule has 9 nitrogen and oxygen atoms in total. The molecular formula is C37H52FN3O6S. The van der Waals surface area contributed by atoms with E-state index in [0.717, 1.165) is 33.7 Å². The van der Waals surface area contributed by atoms with Crippen molar-refractivity contribution in [3.63, 3.8) is 0 Å². The van der Waals surface area contributed by atoms with Crippen LogP contribution in [0.1, 0.15) is 58.1 Å². The van der Waals surface area contributed by atoms with Crippen LogP contribution < -0.4 is 21.1 Å². The van der Waals surface area contributed by atoms with Crippen LogP contribution in [0.5, 0.6) is 5.75 Å². The van der Waals surface area contributed by atoms with Crippen LogP contribution in [0.3, 0.4) is 0 Å². The van der Waals surface area contributed by atoms with Crippen LogP contribution in [-0.2, 0) is 32.2 Å². The lowest BCUT2D eigenvalue weighted by Gasteiger charge is -2.29. The normalized spacial score (nSPS) is 14.6. The van der Waals surface area contributed by atoms with Gasteiger partial charge in [0.15, 0.2) is 0 Å². The van der Waals surface area contributed by atoms with Crippen molar-refractivity contribution in [3.8, 4) is 16.2 Å². The number of hydrogen-bond acceptors (Lipinski definition) is 8. The molecule has 5 atom stereocenters. The van der Waals surface area contributed by atoms with Crippen LogP contribution in [0.2, 0.25) is 0 Å². The van der Waals surface area contributed by atoms with Gasteiger partial charge in [0.25, 0.3) is 0 Å². The highest BCUT2D eigenvalue weighted by Crippen LogP contribution is 2.34. The maximum absolute atomic E-state index is 13.5. The molecule has 2 amide bonds. The summed E-state index contributed by atoms with van der Waals surface area (Å²) in [5, 5.41) is 18.8. The SMILES string of the molecule is CC[C@H](C)[C@H](NC(=O)[C@@H](C[C@H](O)[C@@H](N)COCc1ccc(-c2cccs2)c(OCCCOC)c1)C(C)C)C(=O)NCc1ccc(F)cc1. The first-order valence-corrected chi connectivity index (χ1v) is 17.5. The average molecular weight is 686 g/mol. The standard InChI is InChI=1S/C37H52FN3O6S/c1-6-25(4)35(37(44)40-21-26-10-13-28(38)14-11-26)41-36(43)30(24(2)3)20-32(42)31(39)23-46-22-27-12-15-29(34-9-7-18-48-34)33(19-27)47-17-8-16-45-5/h7,9-15,18-19,24-25,30-32,35,42H,6,8,16-17,20-23,39H2,1-5H3,(H,40,44)(H,41,43)/t25-,30-,31-,32-,35-/m0/s1. The highest BCUT2D eigenvalue weighted by Gasteiger charge is 2.32. The number of benzene rings is 2. The zero-order chi connectivity index (χ0) is 35.1. The predicted octanol–water partition coefficient (Wildman–Crippen LogP) is 5.68. The number of hydrogen-bond donors (Lipinski definition) is 4. The molecule has 264 valence electrons. The van der Waals surface area contributed by atoms with Crippen molar-refractivity contribution in [2.75, 3.05) is 26.9 Å². The third-order valence-corrected chi connectivity index (χ3v) is 9.37. The van der Waals surface area contributed by atoms with Crippen molar-refractivity contribution in [2.24, 2.45) is 23.5 Å². The fraction of sp³-hybridized carbons (Fsp3) is 0.514. The van der Waals surface area contributed by atoms with E-state index in [4.69, 9.17) is 19.9 Å². The number of halogens is 1. The number of carbonyl (C=O) groups excluding carboxylic acids is 2. The lowest BCUT2D eigenvalue weighted by Crippen LogP contribution is -2.52. The Morgan fingerprint density at radius 2 is 1.75 bits per heavy atom. The molecule has 0 aliphatic carbocycles. The molecule has 0 unspecified atom stereocenters. The molecule has 1 aromatic heterocycles. The number of rotatable bonds is 21. The van der Waals surface area contributed by atoms with E-state index in [9.17, 15) is 19.1 Å². The van der Waals surface area contributed by atoms with Crippen LogP contribution in [0.4, 0.5) is 4.39 Å². The molecule has 0 bridgehead atoms. The van der Waals surface area contributed by atoms with Crippen molar-refractivity contribution in [2.45, 2.75) is 78.3 Å². The molecule has 48 heavy (non-hydrogen) atoms. The predicted molar refractivity (Wildman–Crippen MR) is 188 cm³/mol. The molecule has 0 aliphatic rings. The van der Waals surface area contributed by atoms with Crippen molar-refractivity contribution in [3.05, 3.63) is 76.9 Å². The third-order valence-electron chi connectivity index (χ3n) is 8.47. The van der Waals surface area contributed by atoms with E-state index in [-0.39, 0.29) is 55.6 Å². The van der Waals surface area contributed by atoms with Gasteiger partial charge < -0.3 is 35.7 Å². The fourth-order valence-corrected chi connectivity index (χ4v) is 5.96. The minimum Gasteiger partial charge on any atom is -0.493 e. The second-order valence-electron chi connectivity index (χ2n) is 12.6. The summed E-state index contributed by atoms with van der Waals surface area (Å²) in [5.41, 5.74) is 9.01. The molecular weight excluding hydrogens is 633 g/mol. The van der Waals surface area contributed by atoms with Crippen molar-refractivity contribution >= 4 is 23.2 Å². The monoisotopic (exact) mass is 685 g/mol. The molecule has 2 aromatic carbocycles. The number of methoxy groups -OCH3 is 1. The van der Waals surface area contributed by atoms with Gasteiger partial charge in [0, 0.05) is 43.0 Å². The van der Waals surface area contributed by atoms with Gasteiger partial charge in [0.2, 0.25) is 11.8 Å².